The Balaban J connectivity index is 3.61. The quantitative estimate of drug-likeness (QED) is 0.128. The first-order valence-corrected chi connectivity index (χ1v) is 14.1. The predicted molar refractivity (Wildman–Crippen MR) is 111 cm³/mol. The lowest BCUT2D eigenvalue weighted by Gasteiger charge is -2.18. The van der Waals surface area contributed by atoms with Crippen LogP contribution in [0.1, 0.15) is 96.8 Å². The average molecular weight is 493 g/mol. The first-order chi connectivity index (χ1) is 12.6. The van der Waals surface area contributed by atoms with Crippen LogP contribution < -0.4 is 0 Å². The molecule has 0 radical (unpaired) electrons. The zero-order valence-corrected chi connectivity index (χ0v) is 19.6. The molecule has 2 atom stereocenters. The number of halogens is 1. The minimum atomic E-state index is -4.87. The summed E-state index contributed by atoms with van der Waals surface area (Å²) in [6, 6.07) is 0. The summed E-state index contributed by atoms with van der Waals surface area (Å²) in [6.07, 6.45) is 15.0. The molecule has 0 rings (SSSR count). The van der Waals surface area contributed by atoms with E-state index in [-0.39, 0.29) is 6.42 Å². The lowest BCUT2D eigenvalue weighted by atomic mass is 10.0. The van der Waals surface area contributed by atoms with E-state index in [1.165, 1.54) is 57.8 Å². The molecule has 0 aliphatic rings. The molecule has 0 aromatic rings. The molecule has 0 aromatic carbocycles. The van der Waals surface area contributed by atoms with E-state index >= 15 is 0 Å². The van der Waals surface area contributed by atoms with Crippen molar-refractivity contribution in [3.05, 3.63) is 0 Å². The average Bonchev–Trinajstić information content (AvgIpc) is 2.57. The van der Waals surface area contributed by atoms with Gasteiger partial charge in [0.2, 0.25) is 4.31 Å². The number of alkyl halides is 1. The van der Waals surface area contributed by atoms with Gasteiger partial charge in [0, 0.05) is 6.42 Å². The van der Waals surface area contributed by atoms with E-state index < -0.39 is 25.5 Å². The molecule has 0 aromatic heterocycles. The minimum absolute atomic E-state index is 0.0385. The van der Waals surface area contributed by atoms with E-state index in [1.807, 2.05) is 0 Å². The molecule has 10 heteroatoms. The highest BCUT2D eigenvalue weighted by atomic mass is 79.9. The Morgan fingerprint density at radius 3 is 1.56 bits per heavy atom. The first-order valence-electron chi connectivity index (χ1n) is 9.85. The molecule has 27 heavy (non-hydrogen) atoms. The highest BCUT2D eigenvalue weighted by Gasteiger charge is 2.45. The van der Waals surface area contributed by atoms with Crippen LogP contribution in [-0.4, -0.2) is 25.0 Å². The van der Waals surface area contributed by atoms with Gasteiger partial charge in [0.05, 0.1) is 0 Å². The van der Waals surface area contributed by atoms with Crippen LogP contribution >= 0.6 is 31.1 Å². The second kappa shape index (κ2) is 15.2. The van der Waals surface area contributed by atoms with Gasteiger partial charge >= 0.3 is 21.2 Å². The molecule has 0 aliphatic carbocycles. The summed E-state index contributed by atoms with van der Waals surface area (Å²) in [6.45, 7) is 2.22. The van der Waals surface area contributed by atoms with Crippen LogP contribution in [0.2, 0.25) is 0 Å². The molecule has 2 unspecified atom stereocenters. The first kappa shape index (κ1) is 27.3. The topological polar surface area (TPSA) is 121 Å². The van der Waals surface area contributed by atoms with Crippen molar-refractivity contribution in [1.29, 1.82) is 0 Å². The maximum atomic E-state index is 11.7. The van der Waals surface area contributed by atoms with Gasteiger partial charge in [-0.05, 0) is 6.42 Å². The normalized spacial score (nSPS) is 15.3. The van der Waals surface area contributed by atoms with Gasteiger partial charge < -0.3 is 19.2 Å². The number of hydrogen-bond donors (Lipinski definition) is 3. The van der Waals surface area contributed by atoms with Crippen LogP contribution in [-0.2, 0) is 18.4 Å². The number of carbonyl (C=O) groups is 1. The molecule has 0 bridgehead atoms. The smallest absolute Gasteiger partial charge is 0.391 e. The van der Waals surface area contributed by atoms with Crippen molar-refractivity contribution in [1.82, 2.24) is 0 Å². The summed E-state index contributed by atoms with van der Waals surface area (Å²) in [5.74, 6) is -0.915. The van der Waals surface area contributed by atoms with Crippen LogP contribution in [0.5, 0.6) is 0 Å². The second-order valence-corrected chi connectivity index (χ2v) is 13.2. The molecule has 0 spiro atoms. The highest BCUT2D eigenvalue weighted by molar-refractivity contribution is 9.12. The van der Waals surface area contributed by atoms with E-state index in [4.69, 9.17) is 9.79 Å². The number of rotatable bonds is 17. The molecule has 0 heterocycles. The van der Waals surface area contributed by atoms with E-state index in [9.17, 15) is 18.8 Å². The summed E-state index contributed by atoms with van der Waals surface area (Å²) >= 11 is 2.44. The third kappa shape index (κ3) is 14.9. The van der Waals surface area contributed by atoms with Crippen LogP contribution in [0.3, 0.4) is 0 Å². The standard InChI is InChI=1S/C17H35BrO7P2/c1-2-3-4-5-6-7-8-9-10-11-12-13-14-15-16(19)25-27(23,24)17(18)26(20,21)22/h17H,2-15H2,1H3,(H,23,24)(H2,20,21,22). The summed E-state index contributed by atoms with van der Waals surface area (Å²) in [5.41, 5.74) is 0. The highest BCUT2D eigenvalue weighted by Crippen LogP contribution is 2.65. The summed E-state index contributed by atoms with van der Waals surface area (Å²) in [5, 5.41) is 0. The van der Waals surface area contributed by atoms with Crippen LogP contribution in [0, 0.1) is 0 Å². The molecular weight excluding hydrogens is 458 g/mol. The van der Waals surface area contributed by atoms with E-state index in [0.29, 0.717) is 6.42 Å². The summed E-state index contributed by atoms with van der Waals surface area (Å²) < 4.78 is 24.9. The Labute approximate surface area is 171 Å². The van der Waals surface area contributed by atoms with Crippen molar-refractivity contribution in [2.45, 2.75) is 101 Å². The van der Waals surface area contributed by atoms with Crippen molar-refractivity contribution >= 4 is 37.1 Å². The zero-order chi connectivity index (χ0) is 20.8. The summed E-state index contributed by atoms with van der Waals surface area (Å²) in [4.78, 5) is 38.8. The van der Waals surface area contributed by atoms with Gasteiger partial charge in [-0.3, -0.25) is 9.36 Å². The molecule has 0 saturated heterocycles. The van der Waals surface area contributed by atoms with Gasteiger partial charge in [-0.2, -0.15) is 0 Å². The van der Waals surface area contributed by atoms with Crippen molar-refractivity contribution < 1.29 is 33.1 Å². The third-order valence-corrected chi connectivity index (χ3v) is 10.8. The Bertz CT molecular complexity index is 496. The summed E-state index contributed by atoms with van der Waals surface area (Å²) in [7, 11) is -9.61. The fourth-order valence-corrected chi connectivity index (χ4v) is 5.10. The van der Waals surface area contributed by atoms with Crippen LogP contribution in [0.15, 0.2) is 0 Å². The third-order valence-electron chi connectivity index (χ3n) is 4.26. The van der Waals surface area contributed by atoms with Gasteiger partial charge in [0.25, 0.3) is 0 Å². The molecule has 7 nitrogen and oxygen atoms in total. The Morgan fingerprint density at radius 1 is 0.815 bits per heavy atom. The monoisotopic (exact) mass is 492 g/mol. The van der Waals surface area contributed by atoms with Gasteiger partial charge in [-0.1, -0.05) is 99.9 Å². The molecule has 3 N–H and O–H groups in total. The Hall–Kier alpha value is 0.290. The number of carbonyl (C=O) groups excluding carboxylic acids is 1. The predicted octanol–water partition coefficient (Wildman–Crippen LogP) is 6.05. The minimum Gasteiger partial charge on any atom is -0.391 e. The van der Waals surface area contributed by atoms with Gasteiger partial charge in [-0.25, -0.2) is 4.57 Å². The van der Waals surface area contributed by atoms with Crippen molar-refractivity contribution in [2.75, 3.05) is 0 Å². The maximum absolute atomic E-state index is 11.7. The van der Waals surface area contributed by atoms with E-state index in [2.05, 4.69) is 27.4 Å². The fraction of sp³-hybridized carbons (Fsp3) is 0.941. The number of unbranched alkanes of at least 4 members (excludes halogenated alkanes) is 12. The molecule has 0 saturated carbocycles. The fourth-order valence-electron chi connectivity index (χ4n) is 2.71. The lowest BCUT2D eigenvalue weighted by Crippen LogP contribution is -2.09. The van der Waals surface area contributed by atoms with E-state index in [0.717, 1.165) is 19.3 Å². The Kier molecular flexibility index (Phi) is 15.3. The van der Waals surface area contributed by atoms with Crippen molar-refractivity contribution in [3.63, 3.8) is 0 Å². The van der Waals surface area contributed by atoms with Crippen molar-refractivity contribution in [3.8, 4) is 0 Å². The van der Waals surface area contributed by atoms with Crippen LogP contribution in [0.25, 0.3) is 0 Å². The molecule has 162 valence electrons. The van der Waals surface area contributed by atoms with Crippen LogP contribution in [0.4, 0.5) is 0 Å². The molecular formula is C17H35BrO7P2. The molecule has 0 aliphatic heterocycles. The maximum Gasteiger partial charge on any atom is 0.404 e. The SMILES string of the molecule is CCCCCCCCCCCCCCCC(=O)OP(=O)(O)C(Br)P(=O)(O)O. The van der Waals surface area contributed by atoms with Crippen molar-refractivity contribution in [2.24, 2.45) is 0 Å². The van der Waals surface area contributed by atoms with Gasteiger partial charge in [0.1, 0.15) is 0 Å². The Morgan fingerprint density at radius 2 is 1.19 bits per heavy atom. The van der Waals surface area contributed by atoms with E-state index in [1.54, 1.807) is 0 Å². The zero-order valence-electron chi connectivity index (χ0n) is 16.2. The lowest BCUT2D eigenvalue weighted by molar-refractivity contribution is -0.134. The second-order valence-electron chi connectivity index (χ2n) is 6.92. The molecule has 0 fully saturated rings. The number of hydrogen-bond acceptors (Lipinski definition) is 4. The molecule has 0 amide bonds. The van der Waals surface area contributed by atoms with Gasteiger partial charge in [0.15, 0.2) is 0 Å². The largest absolute Gasteiger partial charge is 0.404 e. The van der Waals surface area contributed by atoms with Gasteiger partial charge in [-0.15, -0.1) is 0 Å².